The number of nitrogens with one attached hydrogen (secondary N) is 1. The summed E-state index contributed by atoms with van der Waals surface area (Å²) in [5.41, 5.74) is 2.97. The molecule has 0 saturated heterocycles. The Hall–Kier alpha value is -1.88. The highest BCUT2D eigenvalue weighted by molar-refractivity contribution is 5.93. The number of benzene rings is 1. The van der Waals surface area contributed by atoms with Gasteiger partial charge >= 0.3 is 5.97 Å². The quantitative estimate of drug-likeness (QED) is 0.800. The number of carbonyl (C=O) groups is 2. The lowest BCUT2D eigenvalue weighted by Gasteiger charge is -2.19. The molecule has 1 amide bonds. The Morgan fingerprint density at radius 3 is 2.55 bits per heavy atom. The van der Waals surface area contributed by atoms with E-state index < -0.39 is 5.97 Å². The van der Waals surface area contributed by atoms with Crippen LogP contribution < -0.4 is 5.32 Å². The number of carboxylic acid groups (broad SMARTS) is 1. The van der Waals surface area contributed by atoms with E-state index in [1.165, 1.54) is 0 Å². The molecule has 0 atom stereocenters. The van der Waals surface area contributed by atoms with Crippen molar-refractivity contribution in [2.24, 2.45) is 0 Å². The number of aryl methyl sites for hydroxylation is 2. The van der Waals surface area contributed by atoms with E-state index in [0.29, 0.717) is 13.1 Å². The van der Waals surface area contributed by atoms with Gasteiger partial charge in [0.25, 0.3) is 0 Å². The zero-order chi connectivity index (χ0) is 15.1. The molecule has 0 aliphatic rings. The van der Waals surface area contributed by atoms with Crippen molar-refractivity contribution in [1.29, 1.82) is 0 Å². The fourth-order valence-electron chi connectivity index (χ4n) is 1.95. The SMILES string of the molecule is CCN(CCC(=O)O)CC(=O)Nc1ccc(C)cc1C. The molecule has 0 bridgehead atoms. The second-order valence-electron chi connectivity index (χ2n) is 4.88. The summed E-state index contributed by atoms with van der Waals surface area (Å²) in [6.45, 7) is 7.09. The van der Waals surface area contributed by atoms with Gasteiger partial charge in [0.15, 0.2) is 0 Å². The predicted molar refractivity (Wildman–Crippen MR) is 78.9 cm³/mol. The number of amides is 1. The normalized spacial score (nSPS) is 10.6. The van der Waals surface area contributed by atoms with Crippen molar-refractivity contribution in [3.63, 3.8) is 0 Å². The summed E-state index contributed by atoms with van der Waals surface area (Å²) < 4.78 is 0. The summed E-state index contributed by atoms with van der Waals surface area (Å²) in [5, 5.41) is 11.5. The number of hydrogen-bond donors (Lipinski definition) is 2. The number of hydrogen-bond acceptors (Lipinski definition) is 3. The number of likely N-dealkylation sites (N-methyl/N-ethyl adjacent to an activating group) is 1. The monoisotopic (exact) mass is 278 g/mol. The van der Waals surface area contributed by atoms with E-state index in [-0.39, 0.29) is 18.9 Å². The van der Waals surface area contributed by atoms with E-state index in [1.807, 2.05) is 43.9 Å². The fourth-order valence-corrected chi connectivity index (χ4v) is 1.95. The summed E-state index contributed by atoms with van der Waals surface area (Å²) in [5.74, 6) is -0.970. The van der Waals surface area contributed by atoms with E-state index in [2.05, 4.69) is 5.32 Å². The Balaban J connectivity index is 2.55. The molecular weight excluding hydrogens is 256 g/mol. The molecule has 20 heavy (non-hydrogen) atoms. The average Bonchev–Trinajstić information content (AvgIpc) is 2.37. The zero-order valence-corrected chi connectivity index (χ0v) is 12.3. The third-order valence-electron chi connectivity index (χ3n) is 3.11. The van der Waals surface area contributed by atoms with Gasteiger partial charge in [0.1, 0.15) is 0 Å². The predicted octanol–water partition coefficient (Wildman–Crippen LogP) is 2.04. The van der Waals surface area contributed by atoms with Crippen LogP contribution >= 0.6 is 0 Å². The maximum absolute atomic E-state index is 12.0. The second kappa shape index (κ2) is 7.65. The number of anilines is 1. The molecular formula is C15H22N2O3. The smallest absolute Gasteiger partial charge is 0.304 e. The van der Waals surface area contributed by atoms with Crippen LogP contribution in [0.2, 0.25) is 0 Å². The number of rotatable bonds is 7. The Bertz CT molecular complexity index is 486. The minimum absolute atomic E-state index is 0.0463. The maximum Gasteiger partial charge on any atom is 0.304 e. The van der Waals surface area contributed by atoms with Gasteiger partial charge in [0.2, 0.25) is 5.91 Å². The highest BCUT2D eigenvalue weighted by Crippen LogP contribution is 2.15. The lowest BCUT2D eigenvalue weighted by Crippen LogP contribution is -2.34. The van der Waals surface area contributed by atoms with E-state index in [0.717, 1.165) is 16.8 Å². The third-order valence-corrected chi connectivity index (χ3v) is 3.11. The van der Waals surface area contributed by atoms with Gasteiger partial charge in [-0.15, -0.1) is 0 Å². The van der Waals surface area contributed by atoms with Crippen molar-refractivity contribution in [3.05, 3.63) is 29.3 Å². The van der Waals surface area contributed by atoms with Gasteiger partial charge in [-0.3, -0.25) is 14.5 Å². The third kappa shape index (κ3) is 5.40. The van der Waals surface area contributed by atoms with Crippen LogP contribution in [0, 0.1) is 13.8 Å². The van der Waals surface area contributed by atoms with Crippen LogP contribution in [0.15, 0.2) is 18.2 Å². The van der Waals surface area contributed by atoms with Crippen LogP contribution in [0.5, 0.6) is 0 Å². The number of aliphatic carboxylic acids is 1. The van der Waals surface area contributed by atoms with E-state index in [9.17, 15) is 9.59 Å². The minimum Gasteiger partial charge on any atom is -0.481 e. The van der Waals surface area contributed by atoms with Gasteiger partial charge in [-0.05, 0) is 32.0 Å². The molecule has 0 fully saturated rings. The molecule has 5 heteroatoms. The Morgan fingerprint density at radius 2 is 2.00 bits per heavy atom. The van der Waals surface area contributed by atoms with Gasteiger partial charge in [0.05, 0.1) is 13.0 Å². The van der Waals surface area contributed by atoms with Crippen LogP contribution in [0.4, 0.5) is 5.69 Å². The number of nitrogens with zero attached hydrogens (tertiary/aromatic N) is 1. The Labute approximate surface area is 119 Å². The first-order valence-electron chi connectivity index (χ1n) is 6.73. The topological polar surface area (TPSA) is 69.6 Å². The van der Waals surface area contributed by atoms with Crippen molar-refractivity contribution < 1.29 is 14.7 Å². The standard InChI is InChI=1S/C15H22N2O3/c1-4-17(8-7-15(19)20)10-14(18)16-13-6-5-11(2)9-12(13)3/h5-6,9H,4,7-8,10H2,1-3H3,(H,16,18)(H,19,20). The molecule has 0 heterocycles. The van der Waals surface area contributed by atoms with E-state index >= 15 is 0 Å². The van der Waals surface area contributed by atoms with Crippen molar-refractivity contribution in [2.45, 2.75) is 27.2 Å². The average molecular weight is 278 g/mol. The second-order valence-corrected chi connectivity index (χ2v) is 4.88. The molecule has 0 saturated carbocycles. The molecule has 0 aliphatic carbocycles. The zero-order valence-electron chi connectivity index (χ0n) is 12.3. The lowest BCUT2D eigenvalue weighted by atomic mass is 10.1. The Morgan fingerprint density at radius 1 is 1.30 bits per heavy atom. The minimum atomic E-state index is -0.849. The van der Waals surface area contributed by atoms with Crippen LogP contribution in [-0.4, -0.2) is 41.5 Å². The van der Waals surface area contributed by atoms with Crippen LogP contribution in [-0.2, 0) is 9.59 Å². The highest BCUT2D eigenvalue weighted by atomic mass is 16.4. The number of carboxylic acids is 1. The first kappa shape index (κ1) is 16.2. The molecule has 2 N–H and O–H groups in total. The van der Waals surface area contributed by atoms with Crippen LogP contribution in [0.3, 0.4) is 0 Å². The van der Waals surface area contributed by atoms with Gasteiger partial charge in [-0.1, -0.05) is 24.6 Å². The van der Waals surface area contributed by atoms with Crippen molar-refractivity contribution in [1.82, 2.24) is 4.90 Å². The molecule has 110 valence electrons. The molecule has 0 unspecified atom stereocenters. The summed E-state index contributed by atoms with van der Waals surface area (Å²) in [4.78, 5) is 24.3. The largest absolute Gasteiger partial charge is 0.481 e. The molecule has 5 nitrogen and oxygen atoms in total. The van der Waals surface area contributed by atoms with Crippen molar-refractivity contribution in [3.8, 4) is 0 Å². The summed E-state index contributed by atoms with van der Waals surface area (Å²) in [7, 11) is 0. The molecule has 0 spiro atoms. The molecule has 0 aliphatic heterocycles. The molecule has 1 aromatic rings. The molecule has 0 radical (unpaired) electrons. The highest BCUT2D eigenvalue weighted by Gasteiger charge is 2.11. The van der Waals surface area contributed by atoms with Gasteiger partial charge in [0, 0.05) is 12.2 Å². The first-order chi connectivity index (χ1) is 9.42. The maximum atomic E-state index is 12.0. The lowest BCUT2D eigenvalue weighted by molar-refractivity contribution is -0.137. The van der Waals surface area contributed by atoms with Crippen LogP contribution in [0.1, 0.15) is 24.5 Å². The van der Waals surface area contributed by atoms with E-state index in [4.69, 9.17) is 5.11 Å². The summed E-state index contributed by atoms with van der Waals surface area (Å²) >= 11 is 0. The summed E-state index contributed by atoms with van der Waals surface area (Å²) in [6.07, 6.45) is 0.0463. The van der Waals surface area contributed by atoms with Crippen molar-refractivity contribution >= 4 is 17.6 Å². The van der Waals surface area contributed by atoms with E-state index in [1.54, 1.807) is 0 Å². The Kier molecular flexibility index (Phi) is 6.18. The van der Waals surface area contributed by atoms with Gasteiger partial charge in [-0.25, -0.2) is 0 Å². The van der Waals surface area contributed by atoms with Gasteiger partial charge in [-0.2, -0.15) is 0 Å². The molecule has 0 aromatic heterocycles. The van der Waals surface area contributed by atoms with Crippen LogP contribution in [0.25, 0.3) is 0 Å². The van der Waals surface area contributed by atoms with Crippen molar-refractivity contribution in [2.75, 3.05) is 25.0 Å². The summed E-state index contributed by atoms with van der Waals surface area (Å²) in [6, 6.07) is 5.85. The first-order valence-corrected chi connectivity index (χ1v) is 6.73. The number of carbonyl (C=O) groups excluding carboxylic acids is 1. The fraction of sp³-hybridized carbons (Fsp3) is 0.467. The van der Waals surface area contributed by atoms with Gasteiger partial charge < -0.3 is 10.4 Å². The molecule has 1 aromatic carbocycles. The molecule has 1 rings (SSSR count).